The van der Waals surface area contributed by atoms with Gasteiger partial charge in [0.15, 0.2) is 0 Å². The summed E-state index contributed by atoms with van der Waals surface area (Å²) in [7, 11) is -3.52. The largest absolute Gasteiger partial charge is 0.494 e. The molecule has 0 aromatic heterocycles. The second-order valence-corrected chi connectivity index (χ2v) is 9.80. The highest BCUT2D eigenvalue weighted by Crippen LogP contribution is 2.23. The molecule has 1 N–H and O–H groups in total. The van der Waals surface area contributed by atoms with Crippen LogP contribution in [0.5, 0.6) is 5.75 Å². The van der Waals surface area contributed by atoms with Crippen molar-refractivity contribution in [2.24, 2.45) is 0 Å². The Bertz CT molecular complexity index is 926. The molecule has 0 saturated carbocycles. The number of rotatable bonds is 8. The first-order valence-corrected chi connectivity index (χ1v) is 12.0. The Morgan fingerprint density at radius 3 is 2.52 bits per heavy atom. The Kier molecular flexibility index (Phi) is 7.69. The molecule has 0 atom stereocenters. The molecule has 1 heterocycles. The zero-order valence-electron chi connectivity index (χ0n) is 16.1. The van der Waals surface area contributed by atoms with E-state index >= 15 is 0 Å². The van der Waals surface area contributed by atoms with E-state index in [-0.39, 0.29) is 10.8 Å². The van der Waals surface area contributed by atoms with Gasteiger partial charge in [0.2, 0.25) is 15.9 Å². The molecule has 0 radical (unpaired) electrons. The third kappa shape index (κ3) is 6.29. The number of piperidine rings is 1. The summed E-state index contributed by atoms with van der Waals surface area (Å²) >= 11 is 3.37. The monoisotopic (exact) mass is 480 g/mol. The Balaban J connectivity index is 1.50. The van der Waals surface area contributed by atoms with Gasteiger partial charge in [-0.1, -0.05) is 28.4 Å². The van der Waals surface area contributed by atoms with Gasteiger partial charge in [0.05, 0.1) is 11.5 Å². The maximum Gasteiger partial charge on any atom is 0.243 e. The van der Waals surface area contributed by atoms with Gasteiger partial charge in [0.1, 0.15) is 5.75 Å². The fourth-order valence-corrected chi connectivity index (χ4v) is 4.99. The van der Waals surface area contributed by atoms with Gasteiger partial charge >= 0.3 is 0 Å². The molecule has 0 unspecified atom stereocenters. The number of hydrogen-bond acceptors (Lipinski definition) is 4. The fraction of sp³-hybridized carbons (Fsp3) is 0.381. The van der Waals surface area contributed by atoms with Crippen LogP contribution >= 0.6 is 15.9 Å². The molecule has 8 heteroatoms. The van der Waals surface area contributed by atoms with Crippen molar-refractivity contribution < 1.29 is 17.9 Å². The molecule has 1 amide bonds. The van der Waals surface area contributed by atoms with E-state index in [2.05, 4.69) is 21.2 Å². The highest BCUT2D eigenvalue weighted by molar-refractivity contribution is 9.10. The number of carbonyl (C=O) groups excluding carboxylic acids is 1. The van der Waals surface area contributed by atoms with E-state index in [0.717, 1.165) is 29.5 Å². The molecule has 1 fully saturated rings. The van der Waals surface area contributed by atoms with Crippen LogP contribution in [0.4, 0.5) is 5.69 Å². The summed E-state index contributed by atoms with van der Waals surface area (Å²) in [5.41, 5.74) is 0.488. The van der Waals surface area contributed by atoms with E-state index in [0.29, 0.717) is 38.2 Å². The topological polar surface area (TPSA) is 75.7 Å². The van der Waals surface area contributed by atoms with Crippen LogP contribution in [0.15, 0.2) is 57.9 Å². The smallest absolute Gasteiger partial charge is 0.243 e. The third-order valence-corrected chi connectivity index (χ3v) is 7.12. The van der Waals surface area contributed by atoms with Crippen LogP contribution in [-0.2, 0) is 14.8 Å². The molecule has 0 spiro atoms. The van der Waals surface area contributed by atoms with E-state index in [1.165, 1.54) is 10.4 Å². The molecule has 1 saturated heterocycles. The number of halogens is 1. The molecule has 2 aromatic rings. The molecule has 0 aliphatic carbocycles. The number of hydrogen-bond donors (Lipinski definition) is 1. The van der Waals surface area contributed by atoms with E-state index in [4.69, 9.17) is 4.74 Å². The minimum atomic E-state index is -3.52. The predicted molar refractivity (Wildman–Crippen MR) is 117 cm³/mol. The first-order chi connectivity index (χ1) is 13.9. The van der Waals surface area contributed by atoms with Gasteiger partial charge < -0.3 is 10.1 Å². The number of anilines is 1. The highest BCUT2D eigenvalue weighted by Gasteiger charge is 2.26. The van der Waals surface area contributed by atoms with Gasteiger partial charge in [-0.05, 0) is 61.7 Å². The Morgan fingerprint density at radius 2 is 1.79 bits per heavy atom. The van der Waals surface area contributed by atoms with Crippen LogP contribution in [0.1, 0.15) is 32.1 Å². The molecular formula is C21H25BrN2O4S. The normalized spacial score (nSPS) is 15.1. The van der Waals surface area contributed by atoms with Crippen LogP contribution in [0.25, 0.3) is 0 Å². The summed E-state index contributed by atoms with van der Waals surface area (Å²) in [5, 5.41) is 2.78. The lowest BCUT2D eigenvalue weighted by Crippen LogP contribution is -2.35. The maximum absolute atomic E-state index is 12.8. The van der Waals surface area contributed by atoms with Crippen molar-refractivity contribution in [1.29, 1.82) is 0 Å². The molecule has 156 valence electrons. The summed E-state index contributed by atoms with van der Waals surface area (Å²) in [6.07, 6.45) is 3.69. The second-order valence-electron chi connectivity index (χ2n) is 6.95. The van der Waals surface area contributed by atoms with Crippen molar-refractivity contribution in [2.45, 2.75) is 37.0 Å². The zero-order chi connectivity index (χ0) is 20.7. The van der Waals surface area contributed by atoms with Gasteiger partial charge in [-0.2, -0.15) is 4.31 Å². The minimum absolute atomic E-state index is 0.170. The van der Waals surface area contributed by atoms with Crippen molar-refractivity contribution in [1.82, 2.24) is 4.31 Å². The average Bonchev–Trinajstić information content (AvgIpc) is 2.73. The molecule has 6 nitrogen and oxygen atoms in total. The van der Waals surface area contributed by atoms with Gasteiger partial charge in [-0.3, -0.25) is 4.79 Å². The quantitative estimate of drug-likeness (QED) is 0.567. The van der Waals surface area contributed by atoms with Crippen LogP contribution in [0.2, 0.25) is 0 Å². The molecule has 1 aliphatic heterocycles. The second kappa shape index (κ2) is 10.2. The number of ether oxygens (including phenoxy) is 1. The molecule has 1 aliphatic rings. The van der Waals surface area contributed by atoms with Crippen molar-refractivity contribution in [3.05, 3.63) is 53.0 Å². The molecule has 29 heavy (non-hydrogen) atoms. The zero-order valence-corrected chi connectivity index (χ0v) is 18.5. The molecule has 0 bridgehead atoms. The first-order valence-electron chi connectivity index (χ1n) is 9.73. The third-order valence-electron chi connectivity index (χ3n) is 4.70. The summed E-state index contributed by atoms with van der Waals surface area (Å²) in [6, 6.07) is 14.0. The van der Waals surface area contributed by atoms with E-state index in [9.17, 15) is 13.2 Å². The molecule has 3 rings (SSSR count). The number of nitrogens with zero attached hydrogens (tertiary/aromatic N) is 1. The minimum Gasteiger partial charge on any atom is -0.494 e. The average molecular weight is 481 g/mol. The van der Waals surface area contributed by atoms with E-state index in [1.807, 2.05) is 24.3 Å². The van der Waals surface area contributed by atoms with Gasteiger partial charge in [-0.25, -0.2) is 8.42 Å². The van der Waals surface area contributed by atoms with Gasteiger partial charge in [-0.15, -0.1) is 0 Å². The van der Waals surface area contributed by atoms with E-state index < -0.39 is 10.0 Å². The van der Waals surface area contributed by atoms with Gasteiger partial charge in [0, 0.05) is 29.7 Å². The maximum atomic E-state index is 12.8. The lowest BCUT2D eigenvalue weighted by molar-refractivity contribution is -0.116. The summed E-state index contributed by atoms with van der Waals surface area (Å²) in [6.45, 7) is 1.53. The van der Waals surface area contributed by atoms with Crippen LogP contribution in [-0.4, -0.2) is 38.3 Å². The number of nitrogens with one attached hydrogen (secondary N) is 1. The summed E-state index contributed by atoms with van der Waals surface area (Å²) in [4.78, 5) is 12.4. The van der Waals surface area contributed by atoms with E-state index in [1.54, 1.807) is 18.2 Å². The number of carbonyl (C=O) groups is 1. The van der Waals surface area contributed by atoms with Crippen LogP contribution < -0.4 is 10.1 Å². The van der Waals surface area contributed by atoms with Crippen molar-refractivity contribution >= 4 is 37.5 Å². The number of benzene rings is 2. The predicted octanol–water partition coefficient (Wildman–Crippen LogP) is 4.42. The summed E-state index contributed by atoms with van der Waals surface area (Å²) in [5.74, 6) is 0.584. The first kappa shape index (κ1) is 21.8. The van der Waals surface area contributed by atoms with Crippen molar-refractivity contribution in [3.63, 3.8) is 0 Å². The molecule has 2 aromatic carbocycles. The Labute approximate surface area is 180 Å². The highest BCUT2D eigenvalue weighted by atomic mass is 79.9. The lowest BCUT2D eigenvalue weighted by Gasteiger charge is -2.26. The fourth-order valence-electron chi connectivity index (χ4n) is 3.17. The Hall–Kier alpha value is -1.90. The standard InChI is InChI=1S/C21H25BrN2O4S/c22-17-9-11-19(12-10-17)28-15-5-8-21(25)23-18-6-4-7-20(16-18)29(26,27)24-13-2-1-3-14-24/h4,6-7,9-12,16H,1-3,5,8,13-15H2,(H,23,25). The number of sulfonamides is 1. The number of amides is 1. The Morgan fingerprint density at radius 1 is 1.07 bits per heavy atom. The van der Waals surface area contributed by atoms with Crippen molar-refractivity contribution in [2.75, 3.05) is 25.0 Å². The lowest BCUT2D eigenvalue weighted by atomic mass is 10.2. The van der Waals surface area contributed by atoms with Gasteiger partial charge in [0.25, 0.3) is 0 Å². The van der Waals surface area contributed by atoms with Crippen LogP contribution in [0.3, 0.4) is 0 Å². The summed E-state index contributed by atoms with van der Waals surface area (Å²) < 4.78 is 33.7. The molecular weight excluding hydrogens is 456 g/mol. The SMILES string of the molecule is O=C(CCCOc1ccc(Br)cc1)Nc1cccc(S(=O)(=O)N2CCCCC2)c1. The van der Waals surface area contributed by atoms with Crippen molar-refractivity contribution in [3.8, 4) is 5.75 Å². The van der Waals surface area contributed by atoms with Crippen LogP contribution in [0, 0.1) is 0 Å².